The molecule has 292 valence electrons. The van der Waals surface area contributed by atoms with E-state index in [0.29, 0.717) is 0 Å². The molecule has 0 saturated carbocycles. The molecule has 1 aliphatic carbocycles. The van der Waals surface area contributed by atoms with E-state index in [9.17, 15) is 0 Å². The zero-order valence-electron chi connectivity index (χ0n) is 34.5. The summed E-state index contributed by atoms with van der Waals surface area (Å²) in [7, 11) is 0. The molecular formula is C59H41N3. The average molecular weight is 792 g/mol. The van der Waals surface area contributed by atoms with Crippen molar-refractivity contribution >= 4 is 66.2 Å². The Kier molecular flexibility index (Phi) is 7.36. The van der Waals surface area contributed by atoms with Gasteiger partial charge in [0.25, 0.3) is 0 Å². The highest BCUT2D eigenvalue weighted by molar-refractivity contribution is 6.29. The van der Waals surface area contributed by atoms with Crippen molar-refractivity contribution in [2.45, 2.75) is 19.3 Å². The van der Waals surface area contributed by atoms with Crippen LogP contribution < -0.4 is 4.90 Å². The first kappa shape index (κ1) is 34.9. The lowest BCUT2D eigenvalue weighted by atomic mass is 9.82. The van der Waals surface area contributed by atoms with Crippen LogP contribution in [0.2, 0.25) is 0 Å². The predicted molar refractivity (Wildman–Crippen MR) is 261 cm³/mol. The summed E-state index contributed by atoms with van der Waals surface area (Å²) in [5.41, 5.74) is 20.9. The number of hydrogen-bond acceptors (Lipinski definition) is 1. The molecule has 0 bridgehead atoms. The monoisotopic (exact) mass is 791 g/mol. The standard InChI is InChI=1S/C59H41N3/c1-59(2)49-22-12-11-21-47(49)55-50(59)23-13-25-53(55)60(43-32-27-39(28-33-43)38-15-5-3-6-16-38)44-34-29-40(30-35-44)41-31-36-52-48(37-41)56-54-26-14-24-51-45-19-9-10-20-46(45)57(62(51)54)58(56)61(52)42-17-7-4-8-18-42/h3-37H,1-2H3. The smallest absolute Gasteiger partial charge is 0.0810 e. The van der Waals surface area contributed by atoms with Crippen LogP contribution in [0.1, 0.15) is 25.0 Å². The van der Waals surface area contributed by atoms with Crippen LogP contribution >= 0.6 is 0 Å². The van der Waals surface area contributed by atoms with E-state index in [2.05, 4.69) is 240 Å². The predicted octanol–water partition coefficient (Wildman–Crippen LogP) is 15.9. The van der Waals surface area contributed by atoms with Crippen LogP contribution in [0.4, 0.5) is 17.1 Å². The van der Waals surface area contributed by atoms with Gasteiger partial charge in [-0.05, 0) is 106 Å². The topological polar surface area (TPSA) is 12.6 Å². The summed E-state index contributed by atoms with van der Waals surface area (Å²) >= 11 is 0. The minimum absolute atomic E-state index is 0.103. The lowest BCUT2D eigenvalue weighted by Gasteiger charge is -2.29. The van der Waals surface area contributed by atoms with Gasteiger partial charge in [0.05, 0.1) is 33.3 Å². The summed E-state index contributed by atoms with van der Waals surface area (Å²) in [4.78, 5) is 2.45. The summed E-state index contributed by atoms with van der Waals surface area (Å²) in [6.07, 6.45) is 0. The Labute approximate surface area is 360 Å². The van der Waals surface area contributed by atoms with E-state index in [1.54, 1.807) is 0 Å². The maximum absolute atomic E-state index is 2.48. The zero-order chi connectivity index (χ0) is 41.1. The van der Waals surface area contributed by atoms with Crippen molar-refractivity contribution < 1.29 is 0 Å². The van der Waals surface area contributed by atoms with Crippen molar-refractivity contribution in [3.63, 3.8) is 0 Å². The van der Waals surface area contributed by atoms with Crippen LogP contribution in [0.3, 0.4) is 0 Å². The minimum Gasteiger partial charge on any atom is -0.310 e. The number of benzene rings is 8. The van der Waals surface area contributed by atoms with E-state index in [-0.39, 0.29) is 5.41 Å². The van der Waals surface area contributed by atoms with Crippen molar-refractivity contribution in [1.82, 2.24) is 8.97 Å². The third-order valence-corrected chi connectivity index (χ3v) is 13.7. The molecule has 62 heavy (non-hydrogen) atoms. The molecule has 0 N–H and O–H groups in total. The highest BCUT2D eigenvalue weighted by atomic mass is 15.1. The molecule has 0 spiro atoms. The molecule has 3 nitrogen and oxygen atoms in total. The molecular weight excluding hydrogens is 751 g/mol. The summed E-state index contributed by atoms with van der Waals surface area (Å²) < 4.78 is 4.96. The van der Waals surface area contributed by atoms with E-state index in [1.165, 1.54) is 99.3 Å². The van der Waals surface area contributed by atoms with Crippen LogP contribution in [-0.2, 0) is 5.41 Å². The first-order chi connectivity index (χ1) is 30.5. The molecule has 4 aromatic heterocycles. The van der Waals surface area contributed by atoms with Crippen LogP contribution in [0.5, 0.6) is 0 Å². The number of anilines is 3. The van der Waals surface area contributed by atoms with Gasteiger partial charge in [0, 0.05) is 49.6 Å². The lowest BCUT2D eigenvalue weighted by molar-refractivity contribution is 0.660. The maximum Gasteiger partial charge on any atom is 0.0810 e. The number of para-hydroxylation sites is 1. The molecule has 0 unspecified atom stereocenters. The molecule has 0 atom stereocenters. The van der Waals surface area contributed by atoms with Gasteiger partial charge in [0.2, 0.25) is 0 Å². The molecule has 0 fully saturated rings. The van der Waals surface area contributed by atoms with Gasteiger partial charge in [-0.2, -0.15) is 0 Å². The molecule has 3 heteroatoms. The number of nitrogens with zero attached hydrogens (tertiary/aromatic N) is 3. The molecule has 0 radical (unpaired) electrons. The van der Waals surface area contributed by atoms with Crippen LogP contribution in [-0.4, -0.2) is 8.97 Å². The fourth-order valence-corrected chi connectivity index (χ4v) is 10.8. The van der Waals surface area contributed by atoms with Crippen molar-refractivity contribution in [2.24, 2.45) is 0 Å². The third-order valence-electron chi connectivity index (χ3n) is 13.7. The first-order valence-electron chi connectivity index (χ1n) is 21.6. The number of fused-ring (bicyclic) bond motifs is 11. The fourth-order valence-electron chi connectivity index (χ4n) is 10.8. The Hall–Kier alpha value is -7.88. The van der Waals surface area contributed by atoms with Gasteiger partial charge in [-0.15, -0.1) is 0 Å². The normalized spacial score (nSPS) is 13.1. The SMILES string of the molecule is CC1(C)c2ccccc2-c2c(N(c3ccc(-c4ccccc4)cc3)c3ccc(-c4ccc5c(c4)c4c(c6c7ccccc7c7cccc4n76)n5-c4ccccc4)cc3)cccc21. The second-order valence-electron chi connectivity index (χ2n) is 17.3. The second kappa shape index (κ2) is 13.1. The Morgan fingerprint density at radius 3 is 1.74 bits per heavy atom. The molecule has 0 saturated heterocycles. The molecule has 4 heterocycles. The molecule has 8 aromatic carbocycles. The molecule has 0 aliphatic heterocycles. The number of rotatable bonds is 6. The Balaban J connectivity index is 0.987. The Bertz CT molecular complexity index is 3680. The molecule has 0 amide bonds. The first-order valence-corrected chi connectivity index (χ1v) is 21.6. The highest BCUT2D eigenvalue weighted by Crippen LogP contribution is 2.54. The maximum atomic E-state index is 2.48. The third kappa shape index (κ3) is 4.88. The summed E-state index contributed by atoms with van der Waals surface area (Å²) in [6, 6.07) is 78.2. The van der Waals surface area contributed by atoms with E-state index in [0.717, 1.165) is 17.1 Å². The van der Waals surface area contributed by atoms with Gasteiger partial charge < -0.3 is 13.9 Å². The van der Waals surface area contributed by atoms with Crippen LogP contribution in [0.15, 0.2) is 212 Å². The Morgan fingerprint density at radius 2 is 0.984 bits per heavy atom. The fraction of sp³-hybridized carbons (Fsp3) is 0.0508. The number of hydrogen-bond donors (Lipinski definition) is 0. The number of pyridine rings is 1. The van der Waals surface area contributed by atoms with Gasteiger partial charge in [0.15, 0.2) is 0 Å². The highest BCUT2D eigenvalue weighted by Gasteiger charge is 2.37. The van der Waals surface area contributed by atoms with E-state index in [4.69, 9.17) is 0 Å². The summed E-state index contributed by atoms with van der Waals surface area (Å²) in [5.74, 6) is 0. The number of aromatic nitrogens is 2. The van der Waals surface area contributed by atoms with Crippen molar-refractivity contribution in [3.8, 4) is 39.1 Å². The van der Waals surface area contributed by atoms with Gasteiger partial charge in [-0.1, -0.05) is 159 Å². The molecule has 1 aliphatic rings. The van der Waals surface area contributed by atoms with Crippen molar-refractivity contribution in [3.05, 3.63) is 223 Å². The average Bonchev–Trinajstić information content (AvgIpc) is 4.03. The van der Waals surface area contributed by atoms with Crippen molar-refractivity contribution in [1.29, 1.82) is 0 Å². The van der Waals surface area contributed by atoms with Crippen LogP contribution in [0, 0.1) is 0 Å². The second-order valence-corrected chi connectivity index (χ2v) is 17.3. The molecule has 13 rings (SSSR count). The van der Waals surface area contributed by atoms with E-state index >= 15 is 0 Å². The van der Waals surface area contributed by atoms with Crippen molar-refractivity contribution in [2.75, 3.05) is 4.90 Å². The van der Waals surface area contributed by atoms with E-state index in [1.807, 2.05) is 0 Å². The van der Waals surface area contributed by atoms with Gasteiger partial charge in [-0.25, -0.2) is 0 Å². The van der Waals surface area contributed by atoms with Gasteiger partial charge in [0.1, 0.15) is 0 Å². The van der Waals surface area contributed by atoms with E-state index < -0.39 is 0 Å². The van der Waals surface area contributed by atoms with Gasteiger partial charge in [-0.3, -0.25) is 0 Å². The minimum atomic E-state index is -0.103. The largest absolute Gasteiger partial charge is 0.310 e. The van der Waals surface area contributed by atoms with Gasteiger partial charge >= 0.3 is 0 Å². The lowest BCUT2D eigenvalue weighted by Crippen LogP contribution is -2.16. The summed E-state index contributed by atoms with van der Waals surface area (Å²) in [5, 5.41) is 5.12. The molecule has 12 aromatic rings. The summed E-state index contributed by atoms with van der Waals surface area (Å²) in [6.45, 7) is 4.71. The van der Waals surface area contributed by atoms with Crippen LogP contribution in [0.25, 0.3) is 88.2 Å². The Morgan fingerprint density at radius 1 is 0.403 bits per heavy atom. The zero-order valence-corrected chi connectivity index (χ0v) is 34.5. The quantitative estimate of drug-likeness (QED) is 0.163.